The van der Waals surface area contributed by atoms with Crippen molar-refractivity contribution in [2.45, 2.75) is 6.61 Å². The lowest BCUT2D eigenvalue weighted by Crippen LogP contribution is -2.09. The van der Waals surface area contributed by atoms with Gasteiger partial charge in [0.2, 0.25) is 0 Å². The number of hydrogen-bond acceptors (Lipinski definition) is 2. The maximum Gasteiger partial charge on any atom is 0.197 e. The van der Waals surface area contributed by atoms with Crippen molar-refractivity contribution < 1.29 is 5.11 Å². The van der Waals surface area contributed by atoms with Gasteiger partial charge in [-0.3, -0.25) is 4.79 Å². The van der Waals surface area contributed by atoms with Crippen LogP contribution in [-0.2, 0) is 13.7 Å². The third-order valence-corrected chi connectivity index (χ3v) is 3.36. The third kappa shape index (κ3) is 1.45. The summed E-state index contributed by atoms with van der Waals surface area (Å²) in [6.07, 6.45) is 0. The lowest BCUT2D eigenvalue weighted by Gasteiger charge is -2.10. The van der Waals surface area contributed by atoms with Crippen molar-refractivity contribution in [2.75, 3.05) is 0 Å². The molecule has 2 aromatic carbocycles. The minimum absolute atomic E-state index is 0.0169. The summed E-state index contributed by atoms with van der Waals surface area (Å²) in [5.41, 5.74) is 2.62. The minimum atomic E-state index is -0.0169. The highest BCUT2D eigenvalue weighted by Gasteiger charge is 2.08. The molecule has 0 saturated carbocycles. The Morgan fingerprint density at radius 3 is 2.56 bits per heavy atom. The summed E-state index contributed by atoms with van der Waals surface area (Å²) in [7, 11) is 1.94. The molecule has 0 unspecified atom stereocenters. The number of aliphatic hydroxyl groups is 1. The van der Waals surface area contributed by atoms with Crippen LogP contribution >= 0.6 is 0 Å². The number of aromatic nitrogens is 1. The molecular weight excluding hydrogens is 226 g/mol. The number of pyridine rings is 1. The summed E-state index contributed by atoms with van der Waals surface area (Å²) in [6, 6.07) is 13.0. The summed E-state index contributed by atoms with van der Waals surface area (Å²) < 4.78 is 1.99. The molecule has 1 N–H and O–H groups in total. The highest BCUT2D eigenvalue weighted by atomic mass is 16.3. The molecule has 3 rings (SSSR count). The number of hydrogen-bond donors (Lipinski definition) is 1. The van der Waals surface area contributed by atoms with Crippen molar-refractivity contribution in [3.63, 3.8) is 0 Å². The summed E-state index contributed by atoms with van der Waals surface area (Å²) in [5, 5.41) is 10.6. The lowest BCUT2D eigenvalue weighted by atomic mass is 10.1. The molecule has 0 saturated heterocycles. The highest BCUT2D eigenvalue weighted by Crippen LogP contribution is 2.19. The number of aryl methyl sites for hydroxylation is 1. The fraction of sp³-hybridized carbons (Fsp3) is 0.133. The molecule has 18 heavy (non-hydrogen) atoms. The van der Waals surface area contributed by atoms with Crippen molar-refractivity contribution in [3.8, 4) is 0 Å². The largest absolute Gasteiger partial charge is 0.392 e. The van der Waals surface area contributed by atoms with Gasteiger partial charge < -0.3 is 9.67 Å². The second-order valence-electron chi connectivity index (χ2n) is 4.41. The van der Waals surface area contributed by atoms with E-state index < -0.39 is 0 Å². The molecule has 0 aliphatic heterocycles. The minimum Gasteiger partial charge on any atom is -0.392 e. The SMILES string of the molecule is Cn1c2ccccc2c(=O)c2ccc(CO)cc21. The number of nitrogens with zero attached hydrogens (tertiary/aromatic N) is 1. The summed E-state index contributed by atoms with van der Waals surface area (Å²) in [4.78, 5) is 12.4. The first-order valence-electron chi connectivity index (χ1n) is 5.83. The Bertz CT molecular complexity index is 803. The van der Waals surface area contributed by atoms with E-state index in [0.717, 1.165) is 22.0 Å². The Kier molecular flexibility index (Phi) is 2.42. The van der Waals surface area contributed by atoms with E-state index in [1.165, 1.54) is 0 Å². The van der Waals surface area contributed by atoms with Crippen LogP contribution in [0.5, 0.6) is 0 Å². The number of para-hydroxylation sites is 1. The third-order valence-electron chi connectivity index (χ3n) is 3.36. The maximum absolute atomic E-state index is 12.4. The van der Waals surface area contributed by atoms with E-state index in [2.05, 4.69) is 0 Å². The summed E-state index contributed by atoms with van der Waals surface area (Å²) >= 11 is 0. The smallest absolute Gasteiger partial charge is 0.197 e. The lowest BCUT2D eigenvalue weighted by molar-refractivity contribution is 0.282. The first kappa shape index (κ1) is 11.0. The van der Waals surface area contributed by atoms with Crippen LogP contribution in [-0.4, -0.2) is 9.67 Å². The zero-order valence-corrected chi connectivity index (χ0v) is 10.1. The molecule has 0 aliphatic rings. The zero-order chi connectivity index (χ0) is 12.7. The first-order chi connectivity index (χ1) is 8.72. The van der Waals surface area contributed by atoms with Crippen LogP contribution in [0.2, 0.25) is 0 Å². The van der Waals surface area contributed by atoms with Crippen LogP contribution in [0.15, 0.2) is 47.3 Å². The number of fused-ring (bicyclic) bond motifs is 2. The van der Waals surface area contributed by atoms with Crippen LogP contribution < -0.4 is 5.43 Å². The Hall–Kier alpha value is -2.13. The molecule has 1 aromatic heterocycles. The maximum atomic E-state index is 12.4. The first-order valence-corrected chi connectivity index (χ1v) is 5.83. The number of benzene rings is 2. The van der Waals surface area contributed by atoms with Crippen LogP contribution in [0.25, 0.3) is 21.8 Å². The number of rotatable bonds is 1. The van der Waals surface area contributed by atoms with E-state index in [1.807, 2.05) is 41.9 Å². The van der Waals surface area contributed by atoms with Gasteiger partial charge in [0.15, 0.2) is 5.43 Å². The van der Waals surface area contributed by atoms with Crippen molar-refractivity contribution in [2.24, 2.45) is 7.05 Å². The van der Waals surface area contributed by atoms with Gasteiger partial charge in [-0.15, -0.1) is 0 Å². The van der Waals surface area contributed by atoms with Crippen LogP contribution in [0.3, 0.4) is 0 Å². The van der Waals surface area contributed by atoms with E-state index in [0.29, 0.717) is 5.39 Å². The van der Waals surface area contributed by atoms with Gasteiger partial charge in [-0.1, -0.05) is 18.2 Å². The Balaban J connectivity index is 2.58. The van der Waals surface area contributed by atoms with Gasteiger partial charge >= 0.3 is 0 Å². The van der Waals surface area contributed by atoms with E-state index in [9.17, 15) is 9.90 Å². The van der Waals surface area contributed by atoms with E-state index in [1.54, 1.807) is 12.1 Å². The van der Waals surface area contributed by atoms with Gasteiger partial charge in [0, 0.05) is 17.8 Å². The van der Waals surface area contributed by atoms with Gasteiger partial charge in [-0.05, 0) is 29.8 Å². The van der Waals surface area contributed by atoms with E-state index in [-0.39, 0.29) is 12.0 Å². The fourth-order valence-electron chi connectivity index (χ4n) is 2.38. The molecule has 0 radical (unpaired) electrons. The van der Waals surface area contributed by atoms with E-state index >= 15 is 0 Å². The van der Waals surface area contributed by atoms with Gasteiger partial charge in [-0.2, -0.15) is 0 Å². The van der Waals surface area contributed by atoms with Gasteiger partial charge in [0.1, 0.15) is 0 Å². The Morgan fingerprint density at radius 2 is 1.78 bits per heavy atom. The van der Waals surface area contributed by atoms with Gasteiger partial charge in [0.05, 0.1) is 17.6 Å². The summed E-state index contributed by atoms with van der Waals surface area (Å²) in [5.74, 6) is 0. The number of aliphatic hydroxyl groups excluding tert-OH is 1. The topological polar surface area (TPSA) is 42.2 Å². The average molecular weight is 239 g/mol. The Labute approximate surface area is 104 Å². The summed E-state index contributed by atoms with van der Waals surface area (Å²) in [6.45, 7) is -0.0169. The molecule has 0 bridgehead atoms. The molecule has 3 nitrogen and oxygen atoms in total. The Morgan fingerprint density at radius 1 is 1.06 bits per heavy atom. The molecule has 0 atom stereocenters. The van der Waals surface area contributed by atoms with E-state index in [4.69, 9.17) is 0 Å². The van der Waals surface area contributed by atoms with Crippen molar-refractivity contribution in [3.05, 3.63) is 58.3 Å². The average Bonchev–Trinajstić information content (AvgIpc) is 2.44. The molecule has 90 valence electrons. The van der Waals surface area contributed by atoms with Crippen molar-refractivity contribution in [1.29, 1.82) is 0 Å². The highest BCUT2D eigenvalue weighted by molar-refractivity contribution is 5.93. The van der Waals surface area contributed by atoms with Crippen molar-refractivity contribution in [1.82, 2.24) is 4.57 Å². The van der Waals surface area contributed by atoms with Crippen LogP contribution in [0.1, 0.15) is 5.56 Å². The molecule has 0 spiro atoms. The molecular formula is C15H13NO2. The molecule has 3 aromatic rings. The fourth-order valence-corrected chi connectivity index (χ4v) is 2.38. The standard InChI is InChI=1S/C15H13NO2/c1-16-13-5-3-2-4-11(13)15(18)12-7-6-10(9-17)8-14(12)16/h2-8,17H,9H2,1H3. The monoisotopic (exact) mass is 239 g/mol. The molecule has 3 heteroatoms. The zero-order valence-electron chi connectivity index (χ0n) is 10.1. The van der Waals surface area contributed by atoms with Gasteiger partial charge in [0.25, 0.3) is 0 Å². The molecule has 0 amide bonds. The predicted molar refractivity (Wildman–Crippen MR) is 72.6 cm³/mol. The molecule has 1 heterocycles. The predicted octanol–water partition coefficient (Wildman–Crippen LogP) is 2.18. The van der Waals surface area contributed by atoms with Gasteiger partial charge in [-0.25, -0.2) is 0 Å². The normalized spacial score (nSPS) is 11.2. The van der Waals surface area contributed by atoms with Crippen LogP contribution in [0, 0.1) is 0 Å². The quantitative estimate of drug-likeness (QED) is 0.661. The van der Waals surface area contributed by atoms with Crippen molar-refractivity contribution >= 4 is 21.8 Å². The van der Waals surface area contributed by atoms with Crippen LogP contribution in [0.4, 0.5) is 0 Å². The molecule has 0 aliphatic carbocycles. The second kappa shape index (κ2) is 3.96. The second-order valence-corrected chi connectivity index (χ2v) is 4.41. The molecule has 0 fully saturated rings.